The average molecular weight is 258 g/mol. The van der Waals surface area contributed by atoms with Gasteiger partial charge in [-0.25, -0.2) is 4.79 Å². The van der Waals surface area contributed by atoms with Gasteiger partial charge in [0, 0.05) is 18.5 Å². The summed E-state index contributed by atoms with van der Waals surface area (Å²) in [6.45, 7) is 11.9. The number of rotatable bonds is 5. The molecular formula is C13H26N2O3. The van der Waals surface area contributed by atoms with Crippen LogP contribution in [0.1, 0.15) is 48.0 Å². The Hall–Kier alpha value is -1.10. The minimum absolute atomic E-state index is 0.0451. The van der Waals surface area contributed by atoms with Crippen molar-refractivity contribution in [3.63, 3.8) is 0 Å². The van der Waals surface area contributed by atoms with E-state index in [-0.39, 0.29) is 17.9 Å². The van der Waals surface area contributed by atoms with Gasteiger partial charge in [-0.2, -0.15) is 0 Å². The van der Waals surface area contributed by atoms with Crippen molar-refractivity contribution < 1.29 is 14.7 Å². The maximum atomic E-state index is 11.7. The van der Waals surface area contributed by atoms with Crippen LogP contribution in [0.15, 0.2) is 0 Å². The number of amides is 1. The molecule has 0 aliphatic rings. The Bertz CT molecular complexity index is 300. The lowest BCUT2D eigenvalue weighted by molar-refractivity contribution is -0.144. The number of carbonyl (C=O) groups excluding carboxylic acids is 1. The molecular weight excluding hydrogens is 232 g/mol. The molecule has 106 valence electrons. The van der Waals surface area contributed by atoms with E-state index in [2.05, 4.69) is 10.6 Å². The molecule has 0 aliphatic carbocycles. The minimum Gasteiger partial charge on any atom is -0.480 e. The molecule has 3 N–H and O–H groups in total. The Morgan fingerprint density at radius 1 is 1.11 bits per heavy atom. The average Bonchev–Trinajstić information content (AvgIpc) is 2.09. The van der Waals surface area contributed by atoms with Gasteiger partial charge < -0.3 is 15.7 Å². The predicted octanol–water partition coefficient (Wildman–Crippen LogP) is 1.38. The van der Waals surface area contributed by atoms with Crippen LogP contribution in [0, 0.1) is 5.41 Å². The molecule has 18 heavy (non-hydrogen) atoms. The van der Waals surface area contributed by atoms with Gasteiger partial charge in [0.25, 0.3) is 0 Å². The summed E-state index contributed by atoms with van der Waals surface area (Å²) >= 11 is 0. The smallest absolute Gasteiger partial charge is 0.326 e. The Morgan fingerprint density at radius 2 is 1.61 bits per heavy atom. The topological polar surface area (TPSA) is 78.4 Å². The first kappa shape index (κ1) is 16.9. The number of carboxylic acids is 1. The molecule has 0 saturated heterocycles. The van der Waals surface area contributed by atoms with Crippen molar-refractivity contribution in [3.05, 3.63) is 0 Å². The van der Waals surface area contributed by atoms with Crippen LogP contribution in [-0.2, 0) is 9.59 Å². The summed E-state index contributed by atoms with van der Waals surface area (Å²) < 4.78 is 0. The van der Waals surface area contributed by atoms with Crippen LogP contribution in [0.4, 0.5) is 0 Å². The predicted molar refractivity (Wildman–Crippen MR) is 71.4 cm³/mol. The van der Waals surface area contributed by atoms with E-state index in [1.807, 2.05) is 20.8 Å². The fourth-order valence-corrected chi connectivity index (χ4v) is 1.43. The van der Waals surface area contributed by atoms with Gasteiger partial charge >= 0.3 is 5.97 Å². The molecule has 0 heterocycles. The molecule has 1 atom stereocenters. The second kappa shape index (κ2) is 6.18. The summed E-state index contributed by atoms with van der Waals surface area (Å²) in [5, 5.41) is 14.8. The summed E-state index contributed by atoms with van der Waals surface area (Å²) in [5.74, 6) is -1.24. The molecule has 0 aromatic rings. The fraction of sp³-hybridized carbons (Fsp3) is 0.846. The van der Waals surface area contributed by atoms with Crippen LogP contribution in [0.2, 0.25) is 0 Å². The zero-order valence-electron chi connectivity index (χ0n) is 12.3. The van der Waals surface area contributed by atoms with Gasteiger partial charge in [0.15, 0.2) is 0 Å². The van der Waals surface area contributed by atoms with Crippen molar-refractivity contribution in [3.8, 4) is 0 Å². The van der Waals surface area contributed by atoms with Crippen LogP contribution in [0.3, 0.4) is 0 Å². The molecule has 0 spiro atoms. The number of carboxylic acid groups (broad SMARTS) is 1. The minimum atomic E-state index is -1.00. The summed E-state index contributed by atoms with van der Waals surface area (Å²) in [5.41, 5.74) is -0.546. The molecule has 0 radical (unpaired) electrons. The van der Waals surface area contributed by atoms with Gasteiger partial charge in [0.2, 0.25) is 5.91 Å². The van der Waals surface area contributed by atoms with Crippen molar-refractivity contribution in [2.75, 3.05) is 6.54 Å². The van der Waals surface area contributed by atoms with Crippen LogP contribution < -0.4 is 10.6 Å². The molecule has 0 aromatic heterocycles. The Morgan fingerprint density at radius 3 is 1.94 bits per heavy atom. The second-order valence-corrected chi connectivity index (χ2v) is 6.63. The van der Waals surface area contributed by atoms with Gasteiger partial charge in [0.1, 0.15) is 6.04 Å². The van der Waals surface area contributed by atoms with Crippen LogP contribution in [0.5, 0.6) is 0 Å². The third-order valence-corrected chi connectivity index (χ3v) is 2.43. The van der Waals surface area contributed by atoms with E-state index in [0.717, 1.165) is 0 Å². The molecule has 5 heteroatoms. The van der Waals surface area contributed by atoms with E-state index < -0.39 is 17.4 Å². The van der Waals surface area contributed by atoms with Crippen LogP contribution in [-0.4, -0.2) is 35.1 Å². The molecule has 0 saturated carbocycles. The summed E-state index contributed by atoms with van der Waals surface area (Å²) in [7, 11) is 0. The van der Waals surface area contributed by atoms with Crippen molar-refractivity contribution in [2.24, 2.45) is 5.41 Å². The largest absolute Gasteiger partial charge is 0.480 e. The molecule has 0 fully saturated rings. The Kier molecular flexibility index (Phi) is 5.80. The van der Waals surface area contributed by atoms with Crippen LogP contribution in [0.25, 0.3) is 0 Å². The van der Waals surface area contributed by atoms with Crippen molar-refractivity contribution in [1.82, 2.24) is 10.6 Å². The maximum Gasteiger partial charge on any atom is 0.326 e. The molecule has 5 nitrogen and oxygen atoms in total. The normalized spacial score (nSPS) is 14.1. The van der Waals surface area contributed by atoms with Gasteiger partial charge in [-0.05, 0) is 26.2 Å². The number of hydrogen-bond acceptors (Lipinski definition) is 3. The molecule has 1 unspecified atom stereocenters. The molecule has 0 rings (SSSR count). The summed E-state index contributed by atoms with van der Waals surface area (Å²) in [4.78, 5) is 22.8. The monoisotopic (exact) mass is 258 g/mol. The van der Waals surface area contributed by atoms with E-state index in [1.54, 1.807) is 20.8 Å². The van der Waals surface area contributed by atoms with Gasteiger partial charge in [-0.15, -0.1) is 0 Å². The number of hydrogen-bond donors (Lipinski definition) is 3. The number of aliphatic carboxylic acids is 1. The lowest BCUT2D eigenvalue weighted by Crippen LogP contribution is -2.49. The quantitative estimate of drug-likeness (QED) is 0.696. The first-order valence-electron chi connectivity index (χ1n) is 6.20. The van der Waals surface area contributed by atoms with E-state index in [4.69, 9.17) is 5.11 Å². The van der Waals surface area contributed by atoms with Gasteiger partial charge in [0.05, 0.1) is 0 Å². The standard InChI is InChI=1S/C13H26N2O3/c1-12(2,3)10(11(17)18)15-9(16)7-8-14-13(4,5)6/h10,14H,7-8H2,1-6H3,(H,15,16)(H,17,18). The molecule has 0 aliphatic heterocycles. The SMILES string of the molecule is CC(C)(C)NCCC(=O)NC(C(=O)O)C(C)(C)C. The van der Waals surface area contributed by atoms with Crippen LogP contribution >= 0.6 is 0 Å². The first-order valence-corrected chi connectivity index (χ1v) is 6.20. The zero-order valence-corrected chi connectivity index (χ0v) is 12.3. The first-order chi connectivity index (χ1) is 7.93. The zero-order chi connectivity index (χ0) is 14.6. The highest BCUT2D eigenvalue weighted by Gasteiger charge is 2.32. The van der Waals surface area contributed by atoms with Gasteiger partial charge in [-0.3, -0.25) is 4.79 Å². The second-order valence-electron chi connectivity index (χ2n) is 6.63. The fourth-order valence-electron chi connectivity index (χ4n) is 1.43. The molecule has 1 amide bonds. The van der Waals surface area contributed by atoms with E-state index in [0.29, 0.717) is 6.54 Å². The van der Waals surface area contributed by atoms with E-state index in [1.165, 1.54) is 0 Å². The Balaban J connectivity index is 4.25. The van der Waals surface area contributed by atoms with Crippen molar-refractivity contribution in [2.45, 2.75) is 59.5 Å². The highest BCUT2D eigenvalue weighted by molar-refractivity contribution is 5.84. The van der Waals surface area contributed by atoms with Gasteiger partial charge in [-0.1, -0.05) is 20.8 Å². The molecule has 0 bridgehead atoms. The Labute approximate surface area is 109 Å². The number of carbonyl (C=O) groups is 2. The highest BCUT2D eigenvalue weighted by Crippen LogP contribution is 2.19. The highest BCUT2D eigenvalue weighted by atomic mass is 16.4. The third kappa shape index (κ3) is 7.27. The maximum absolute atomic E-state index is 11.7. The lowest BCUT2D eigenvalue weighted by Gasteiger charge is -2.28. The third-order valence-electron chi connectivity index (χ3n) is 2.43. The van der Waals surface area contributed by atoms with E-state index in [9.17, 15) is 9.59 Å². The van der Waals surface area contributed by atoms with Crippen molar-refractivity contribution >= 4 is 11.9 Å². The number of nitrogens with one attached hydrogen (secondary N) is 2. The van der Waals surface area contributed by atoms with E-state index >= 15 is 0 Å². The summed E-state index contributed by atoms with van der Waals surface area (Å²) in [6, 6.07) is -0.861. The molecule has 0 aromatic carbocycles. The van der Waals surface area contributed by atoms with Crippen molar-refractivity contribution in [1.29, 1.82) is 0 Å². The summed E-state index contributed by atoms with van der Waals surface area (Å²) in [6.07, 6.45) is 0.275. The lowest BCUT2D eigenvalue weighted by atomic mass is 9.86.